The average molecular weight is 416 g/mol. The molecule has 31 heavy (non-hydrogen) atoms. The van der Waals surface area contributed by atoms with E-state index in [1.54, 1.807) is 36.5 Å². The van der Waals surface area contributed by atoms with Crippen molar-refractivity contribution >= 4 is 59.1 Å². The molecule has 8 heteroatoms. The molecule has 0 aliphatic heterocycles. The van der Waals surface area contributed by atoms with Gasteiger partial charge in [0.15, 0.2) is 5.78 Å². The van der Waals surface area contributed by atoms with Crippen molar-refractivity contribution in [2.45, 2.75) is 19.3 Å². The van der Waals surface area contributed by atoms with Crippen LogP contribution in [0.2, 0.25) is 0 Å². The van der Waals surface area contributed by atoms with Crippen molar-refractivity contribution in [3.8, 4) is 5.75 Å². The largest absolute Gasteiger partial charge is 0.494 e. The molecular formula is C23H24N6O2. The summed E-state index contributed by atoms with van der Waals surface area (Å²) < 4.78 is 5.33. The smallest absolute Gasteiger partial charge is 0.187 e. The number of nitrogens with one attached hydrogen (secondary N) is 3. The van der Waals surface area contributed by atoms with Crippen LogP contribution >= 0.6 is 0 Å². The summed E-state index contributed by atoms with van der Waals surface area (Å²) >= 11 is 0. The third-order valence-corrected chi connectivity index (χ3v) is 4.02. The van der Waals surface area contributed by atoms with Gasteiger partial charge in [0.25, 0.3) is 0 Å². The van der Waals surface area contributed by atoms with E-state index >= 15 is 0 Å². The zero-order valence-corrected chi connectivity index (χ0v) is 17.2. The lowest BCUT2D eigenvalue weighted by atomic mass is 10.1. The first-order chi connectivity index (χ1) is 15.1. The summed E-state index contributed by atoms with van der Waals surface area (Å²) in [6.45, 7) is 0. The Bertz CT molecular complexity index is 1030. The standard InChI is InChI=1S/C23H24N6O2/c1-31-22-16-18(27-14-5-12-24)8-9-19(22)28-15-11-21(30)23(26)20(10-13-25)29-17-6-3-2-4-7-17/h2-4,6-9,12-16,24-26H,5,10-11H2,1H3. The summed E-state index contributed by atoms with van der Waals surface area (Å²) in [5, 5.41) is 22.5. The van der Waals surface area contributed by atoms with Crippen molar-refractivity contribution in [2.24, 2.45) is 15.0 Å². The number of para-hydroxylation sites is 1. The molecule has 0 unspecified atom stereocenters. The molecule has 0 radical (unpaired) electrons. The monoisotopic (exact) mass is 416 g/mol. The highest BCUT2D eigenvalue weighted by molar-refractivity contribution is 6.68. The Kier molecular flexibility index (Phi) is 9.35. The Balaban J connectivity index is 2.09. The zero-order chi connectivity index (χ0) is 22.5. The number of methoxy groups -OCH3 is 1. The summed E-state index contributed by atoms with van der Waals surface area (Å²) in [4.78, 5) is 25.3. The molecule has 2 aromatic rings. The Hall–Kier alpha value is -4.07. The first-order valence-electron chi connectivity index (χ1n) is 9.54. The Morgan fingerprint density at radius 1 is 0.968 bits per heavy atom. The van der Waals surface area contributed by atoms with E-state index in [9.17, 15) is 4.79 Å². The van der Waals surface area contributed by atoms with Gasteiger partial charge in [0.2, 0.25) is 0 Å². The summed E-state index contributed by atoms with van der Waals surface area (Å²) in [5.41, 5.74) is 1.83. The minimum Gasteiger partial charge on any atom is -0.494 e. The van der Waals surface area contributed by atoms with Crippen molar-refractivity contribution in [1.82, 2.24) is 0 Å². The van der Waals surface area contributed by atoms with E-state index in [2.05, 4.69) is 15.0 Å². The van der Waals surface area contributed by atoms with E-state index < -0.39 is 5.78 Å². The number of aliphatic imine (C=N–C) groups is 3. The van der Waals surface area contributed by atoms with E-state index in [0.717, 1.165) is 6.21 Å². The number of carbonyl (C=O) groups is 1. The molecule has 0 saturated heterocycles. The van der Waals surface area contributed by atoms with Gasteiger partial charge >= 0.3 is 0 Å². The lowest BCUT2D eigenvalue weighted by Crippen LogP contribution is -2.23. The van der Waals surface area contributed by atoms with Crippen LogP contribution in [0, 0.1) is 16.2 Å². The molecule has 0 heterocycles. The van der Waals surface area contributed by atoms with Crippen molar-refractivity contribution in [2.75, 3.05) is 7.11 Å². The number of benzene rings is 2. The van der Waals surface area contributed by atoms with Crippen LogP contribution < -0.4 is 4.74 Å². The average Bonchev–Trinajstić information content (AvgIpc) is 2.79. The number of ether oxygens (including phenoxy) is 1. The van der Waals surface area contributed by atoms with Crippen molar-refractivity contribution in [1.29, 1.82) is 16.2 Å². The number of rotatable bonds is 12. The minimum atomic E-state index is -0.438. The van der Waals surface area contributed by atoms with E-state index in [4.69, 9.17) is 21.0 Å². The summed E-state index contributed by atoms with van der Waals surface area (Å²) in [7, 11) is 1.52. The summed E-state index contributed by atoms with van der Waals surface area (Å²) in [5.74, 6) is 0.0607. The zero-order valence-electron chi connectivity index (χ0n) is 17.2. The maximum Gasteiger partial charge on any atom is 0.187 e. The van der Waals surface area contributed by atoms with Crippen LogP contribution in [0.15, 0.2) is 63.5 Å². The second-order valence-corrected chi connectivity index (χ2v) is 6.22. The van der Waals surface area contributed by atoms with E-state index in [1.807, 2.05) is 18.2 Å². The van der Waals surface area contributed by atoms with Crippen LogP contribution in [0.25, 0.3) is 0 Å². The maximum atomic E-state index is 12.5. The van der Waals surface area contributed by atoms with Crippen molar-refractivity contribution in [3.05, 3.63) is 48.5 Å². The number of hydrogen-bond donors (Lipinski definition) is 3. The predicted octanol–water partition coefficient (Wildman–Crippen LogP) is 4.93. The third kappa shape index (κ3) is 7.36. The van der Waals surface area contributed by atoms with Gasteiger partial charge in [-0.15, -0.1) is 0 Å². The quantitative estimate of drug-likeness (QED) is 0.423. The van der Waals surface area contributed by atoms with Gasteiger partial charge in [0.05, 0.1) is 24.2 Å². The summed E-state index contributed by atoms with van der Waals surface area (Å²) in [6.07, 6.45) is 5.90. The normalized spacial score (nSPS) is 11.6. The van der Waals surface area contributed by atoms with Gasteiger partial charge in [-0.25, -0.2) is 0 Å². The number of nitrogens with zero attached hydrogens (tertiary/aromatic N) is 3. The predicted molar refractivity (Wildman–Crippen MR) is 127 cm³/mol. The van der Waals surface area contributed by atoms with Crippen LogP contribution in [0.3, 0.4) is 0 Å². The number of carbonyl (C=O) groups excluding carboxylic acids is 1. The molecule has 2 aromatic carbocycles. The van der Waals surface area contributed by atoms with E-state index in [1.165, 1.54) is 19.5 Å². The lowest BCUT2D eigenvalue weighted by Gasteiger charge is -2.06. The van der Waals surface area contributed by atoms with Gasteiger partial charge in [-0.2, -0.15) is 0 Å². The maximum absolute atomic E-state index is 12.5. The van der Waals surface area contributed by atoms with Crippen LogP contribution in [0.4, 0.5) is 17.1 Å². The van der Waals surface area contributed by atoms with Crippen LogP contribution in [0.1, 0.15) is 19.3 Å². The highest BCUT2D eigenvalue weighted by Crippen LogP contribution is 2.31. The molecule has 0 amide bonds. The topological polar surface area (TPSA) is 135 Å². The number of ketones is 1. The molecule has 0 aliphatic carbocycles. The highest BCUT2D eigenvalue weighted by Gasteiger charge is 2.15. The fourth-order valence-corrected chi connectivity index (χ4v) is 2.51. The molecule has 8 nitrogen and oxygen atoms in total. The molecule has 0 spiro atoms. The van der Waals surface area contributed by atoms with Gasteiger partial charge < -0.3 is 15.6 Å². The molecule has 0 fully saturated rings. The summed E-state index contributed by atoms with van der Waals surface area (Å²) in [6, 6.07) is 14.2. The van der Waals surface area contributed by atoms with Crippen LogP contribution in [0.5, 0.6) is 5.75 Å². The van der Waals surface area contributed by atoms with Crippen LogP contribution in [-0.2, 0) is 4.79 Å². The van der Waals surface area contributed by atoms with Gasteiger partial charge in [0.1, 0.15) is 17.1 Å². The molecule has 0 aliphatic rings. The second-order valence-electron chi connectivity index (χ2n) is 6.22. The van der Waals surface area contributed by atoms with Crippen molar-refractivity contribution < 1.29 is 9.53 Å². The fraction of sp³-hybridized carbons (Fsp3) is 0.174. The van der Waals surface area contributed by atoms with Gasteiger partial charge in [-0.3, -0.25) is 25.2 Å². The minimum absolute atomic E-state index is 0.0764. The third-order valence-electron chi connectivity index (χ3n) is 4.02. The van der Waals surface area contributed by atoms with E-state index in [0.29, 0.717) is 29.2 Å². The molecule has 0 aromatic heterocycles. The van der Waals surface area contributed by atoms with Gasteiger partial charge in [-0.05, 0) is 24.3 Å². The van der Waals surface area contributed by atoms with Crippen molar-refractivity contribution in [3.63, 3.8) is 0 Å². The number of hydrogen-bond acceptors (Lipinski definition) is 8. The SMILES string of the molecule is COc1cc(N=CCC=N)ccc1N=CCC(=O)C(=N)C(CC=N)=Nc1ccccc1. The molecule has 0 bridgehead atoms. The molecule has 0 atom stereocenters. The molecule has 3 N–H and O–H groups in total. The second kappa shape index (κ2) is 12.5. The molecule has 2 rings (SSSR count). The Labute approximate surface area is 181 Å². The molecule has 158 valence electrons. The van der Waals surface area contributed by atoms with Gasteiger partial charge in [0, 0.05) is 50.2 Å². The van der Waals surface area contributed by atoms with E-state index in [-0.39, 0.29) is 24.3 Å². The first-order valence-corrected chi connectivity index (χ1v) is 9.54. The fourth-order valence-electron chi connectivity index (χ4n) is 2.51. The number of Topliss-reactive ketones (excluding diaryl/α,β-unsaturated/α-hetero) is 1. The highest BCUT2D eigenvalue weighted by atomic mass is 16.5. The molecule has 0 saturated carbocycles. The Morgan fingerprint density at radius 2 is 1.74 bits per heavy atom. The van der Waals surface area contributed by atoms with Gasteiger partial charge in [-0.1, -0.05) is 18.2 Å². The lowest BCUT2D eigenvalue weighted by molar-refractivity contribution is -0.111. The first kappa shape index (κ1) is 23.2. The van der Waals surface area contributed by atoms with Crippen LogP contribution in [-0.4, -0.2) is 49.2 Å². The Morgan fingerprint density at radius 3 is 2.42 bits per heavy atom. The molecular weight excluding hydrogens is 392 g/mol.